The zero-order chi connectivity index (χ0) is 14.9. The molecule has 0 bridgehead atoms. The number of amides is 1. The molecule has 2 aliphatic carbocycles. The standard InChI is InChI=1S/C17H29N3O/c1-17(2)13-18-10-11-19(17)12-16(21)20(15-8-9-15)14-6-4-3-5-7-14/h6,15,18H,3-5,7-13H2,1-2H3. The van der Waals surface area contributed by atoms with Crippen molar-refractivity contribution in [3.63, 3.8) is 0 Å². The first-order valence-corrected chi connectivity index (χ1v) is 8.55. The second-order valence-electron chi connectivity index (χ2n) is 7.35. The largest absolute Gasteiger partial charge is 0.314 e. The zero-order valence-corrected chi connectivity index (χ0v) is 13.5. The van der Waals surface area contributed by atoms with E-state index in [1.807, 2.05) is 0 Å². The molecule has 0 unspecified atom stereocenters. The summed E-state index contributed by atoms with van der Waals surface area (Å²) in [6.07, 6.45) is 9.44. The molecule has 0 aromatic heterocycles. The summed E-state index contributed by atoms with van der Waals surface area (Å²) in [5.41, 5.74) is 1.38. The summed E-state index contributed by atoms with van der Waals surface area (Å²) >= 11 is 0. The zero-order valence-electron chi connectivity index (χ0n) is 13.5. The highest BCUT2D eigenvalue weighted by molar-refractivity contribution is 5.81. The Labute approximate surface area is 128 Å². The third-order valence-corrected chi connectivity index (χ3v) is 5.06. The van der Waals surface area contributed by atoms with Crippen LogP contribution in [0.15, 0.2) is 11.8 Å². The van der Waals surface area contributed by atoms with Crippen LogP contribution in [0.5, 0.6) is 0 Å². The van der Waals surface area contributed by atoms with E-state index in [1.165, 1.54) is 31.4 Å². The molecule has 1 heterocycles. The van der Waals surface area contributed by atoms with E-state index in [9.17, 15) is 4.79 Å². The molecular formula is C17H29N3O. The van der Waals surface area contributed by atoms with E-state index in [0.29, 0.717) is 18.5 Å². The Morgan fingerprint density at radius 2 is 2.24 bits per heavy atom. The smallest absolute Gasteiger partial charge is 0.241 e. The van der Waals surface area contributed by atoms with Crippen LogP contribution in [0.4, 0.5) is 0 Å². The highest BCUT2D eigenvalue weighted by atomic mass is 16.2. The number of carbonyl (C=O) groups is 1. The van der Waals surface area contributed by atoms with E-state index in [4.69, 9.17) is 0 Å². The Hall–Kier alpha value is -0.870. The van der Waals surface area contributed by atoms with Crippen LogP contribution in [0.25, 0.3) is 0 Å². The van der Waals surface area contributed by atoms with Crippen molar-refractivity contribution in [2.24, 2.45) is 0 Å². The van der Waals surface area contributed by atoms with Crippen LogP contribution in [-0.4, -0.2) is 53.5 Å². The molecule has 1 saturated heterocycles. The molecule has 21 heavy (non-hydrogen) atoms. The topological polar surface area (TPSA) is 35.6 Å². The van der Waals surface area contributed by atoms with Gasteiger partial charge in [0.15, 0.2) is 0 Å². The molecular weight excluding hydrogens is 262 g/mol. The maximum absolute atomic E-state index is 12.9. The van der Waals surface area contributed by atoms with Crippen LogP contribution in [0.3, 0.4) is 0 Å². The Morgan fingerprint density at radius 1 is 1.43 bits per heavy atom. The molecule has 3 aliphatic rings. The van der Waals surface area contributed by atoms with E-state index in [1.54, 1.807) is 0 Å². The van der Waals surface area contributed by atoms with Crippen molar-refractivity contribution in [2.75, 3.05) is 26.2 Å². The van der Waals surface area contributed by atoms with Gasteiger partial charge in [0.05, 0.1) is 6.54 Å². The summed E-state index contributed by atoms with van der Waals surface area (Å²) in [4.78, 5) is 17.4. The van der Waals surface area contributed by atoms with Crippen LogP contribution in [0, 0.1) is 0 Å². The Morgan fingerprint density at radius 3 is 2.86 bits per heavy atom. The van der Waals surface area contributed by atoms with Gasteiger partial charge in [-0.2, -0.15) is 0 Å². The van der Waals surface area contributed by atoms with Gasteiger partial charge in [-0.15, -0.1) is 0 Å². The first kappa shape index (κ1) is 15.0. The lowest BCUT2D eigenvalue weighted by Crippen LogP contribution is -2.60. The first-order valence-electron chi connectivity index (χ1n) is 8.55. The van der Waals surface area contributed by atoms with E-state index >= 15 is 0 Å². The molecule has 0 aromatic carbocycles. The lowest BCUT2D eigenvalue weighted by atomic mass is 10.00. The summed E-state index contributed by atoms with van der Waals surface area (Å²) in [6.45, 7) is 7.95. The molecule has 0 radical (unpaired) electrons. The van der Waals surface area contributed by atoms with Crippen molar-refractivity contribution in [3.05, 3.63) is 11.8 Å². The van der Waals surface area contributed by atoms with Crippen molar-refractivity contribution in [3.8, 4) is 0 Å². The van der Waals surface area contributed by atoms with Crippen LogP contribution < -0.4 is 5.32 Å². The molecule has 1 aliphatic heterocycles. The summed E-state index contributed by atoms with van der Waals surface area (Å²) < 4.78 is 0. The van der Waals surface area contributed by atoms with E-state index < -0.39 is 0 Å². The van der Waals surface area contributed by atoms with Gasteiger partial charge < -0.3 is 10.2 Å². The van der Waals surface area contributed by atoms with E-state index in [-0.39, 0.29) is 5.54 Å². The minimum atomic E-state index is 0.0735. The lowest BCUT2D eigenvalue weighted by Gasteiger charge is -2.43. The minimum Gasteiger partial charge on any atom is -0.314 e. The molecule has 3 rings (SSSR count). The predicted octanol–water partition coefficient (Wildman–Crippen LogP) is 2.12. The average Bonchev–Trinajstić information content (AvgIpc) is 3.27. The molecule has 4 heteroatoms. The van der Waals surface area contributed by atoms with Crippen molar-refractivity contribution in [2.45, 2.75) is 64.0 Å². The lowest BCUT2D eigenvalue weighted by molar-refractivity contribution is -0.133. The summed E-state index contributed by atoms with van der Waals surface area (Å²) in [6, 6.07) is 0.493. The number of allylic oxidation sites excluding steroid dienone is 2. The third-order valence-electron chi connectivity index (χ3n) is 5.06. The summed E-state index contributed by atoms with van der Waals surface area (Å²) in [7, 11) is 0. The highest BCUT2D eigenvalue weighted by Gasteiger charge is 2.38. The van der Waals surface area contributed by atoms with Crippen LogP contribution in [-0.2, 0) is 4.79 Å². The number of rotatable bonds is 4. The second-order valence-corrected chi connectivity index (χ2v) is 7.35. The monoisotopic (exact) mass is 291 g/mol. The summed E-state index contributed by atoms with van der Waals surface area (Å²) in [5.74, 6) is 0.320. The number of hydrogen-bond donors (Lipinski definition) is 1. The Bertz CT molecular complexity index is 426. The molecule has 0 aromatic rings. The molecule has 4 nitrogen and oxygen atoms in total. The Kier molecular flexibility index (Phi) is 4.36. The quantitative estimate of drug-likeness (QED) is 0.862. The average molecular weight is 291 g/mol. The normalized spacial score (nSPS) is 26.3. The fourth-order valence-electron chi connectivity index (χ4n) is 3.53. The molecule has 118 valence electrons. The van der Waals surface area contributed by atoms with Crippen molar-refractivity contribution < 1.29 is 4.79 Å². The molecule has 1 N–H and O–H groups in total. The van der Waals surface area contributed by atoms with Gasteiger partial charge in [-0.3, -0.25) is 9.69 Å². The number of hydrogen-bond acceptors (Lipinski definition) is 3. The second kappa shape index (κ2) is 6.09. The third kappa shape index (κ3) is 3.49. The first-order chi connectivity index (χ1) is 10.1. The fourth-order valence-corrected chi connectivity index (χ4v) is 3.53. The molecule has 0 spiro atoms. The number of nitrogens with one attached hydrogen (secondary N) is 1. The van der Waals surface area contributed by atoms with Crippen LogP contribution >= 0.6 is 0 Å². The minimum absolute atomic E-state index is 0.0735. The highest BCUT2D eigenvalue weighted by Crippen LogP contribution is 2.34. The van der Waals surface area contributed by atoms with Gasteiger partial charge in [0, 0.05) is 36.9 Å². The number of piperazine rings is 1. The van der Waals surface area contributed by atoms with Crippen molar-refractivity contribution >= 4 is 5.91 Å². The van der Waals surface area contributed by atoms with Crippen molar-refractivity contribution in [1.29, 1.82) is 0 Å². The molecule has 2 fully saturated rings. The number of nitrogens with zero attached hydrogens (tertiary/aromatic N) is 2. The molecule has 0 atom stereocenters. The van der Waals surface area contributed by atoms with Crippen LogP contribution in [0.2, 0.25) is 0 Å². The van der Waals surface area contributed by atoms with Gasteiger partial charge in [0.1, 0.15) is 0 Å². The van der Waals surface area contributed by atoms with Gasteiger partial charge >= 0.3 is 0 Å². The fraction of sp³-hybridized carbons (Fsp3) is 0.824. The molecule has 1 amide bonds. The maximum atomic E-state index is 12.9. The maximum Gasteiger partial charge on any atom is 0.241 e. The van der Waals surface area contributed by atoms with E-state index in [2.05, 4.69) is 35.0 Å². The van der Waals surface area contributed by atoms with Gasteiger partial charge in [-0.05, 0) is 52.4 Å². The van der Waals surface area contributed by atoms with Gasteiger partial charge in [0.25, 0.3) is 0 Å². The van der Waals surface area contributed by atoms with Crippen molar-refractivity contribution in [1.82, 2.24) is 15.1 Å². The van der Waals surface area contributed by atoms with Gasteiger partial charge in [-0.1, -0.05) is 6.08 Å². The van der Waals surface area contributed by atoms with Crippen LogP contribution in [0.1, 0.15) is 52.4 Å². The Balaban J connectivity index is 1.68. The van der Waals surface area contributed by atoms with Gasteiger partial charge in [0.2, 0.25) is 5.91 Å². The molecule has 1 saturated carbocycles. The summed E-state index contributed by atoms with van der Waals surface area (Å²) in [5, 5.41) is 3.43. The number of carbonyl (C=O) groups excluding carboxylic acids is 1. The van der Waals surface area contributed by atoms with Gasteiger partial charge in [-0.25, -0.2) is 0 Å². The SMILES string of the molecule is CC1(C)CNCCN1CC(=O)N(C1=CCCCC1)C1CC1. The van der Waals surface area contributed by atoms with E-state index in [0.717, 1.165) is 32.5 Å². The predicted molar refractivity (Wildman–Crippen MR) is 84.9 cm³/mol.